The Hall–Kier alpha value is -0.870. The number of benzene rings is 1. The molecule has 3 nitrogen and oxygen atoms in total. The van der Waals surface area contributed by atoms with Crippen LogP contribution in [0, 0.1) is 0 Å². The van der Waals surface area contributed by atoms with Gasteiger partial charge in [0.1, 0.15) is 0 Å². The second-order valence-electron chi connectivity index (χ2n) is 4.99. The minimum atomic E-state index is -3.81. The van der Waals surface area contributed by atoms with Crippen molar-refractivity contribution >= 4 is 10.1 Å². The summed E-state index contributed by atoms with van der Waals surface area (Å²) in [6.45, 7) is 4.30. The zero-order valence-corrected chi connectivity index (χ0v) is 11.2. The molecule has 0 amide bonds. The Labute approximate surface area is 104 Å². The van der Waals surface area contributed by atoms with Gasteiger partial charge in [-0.1, -0.05) is 50.6 Å². The van der Waals surface area contributed by atoms with Gasteiger partial charge in [0.25, 0.3) is 10.1 Å². The van der Waals surface area contributed by atoms with Crippen molar-refractivity contribution in [2.24, 2.45) is 0 Å². The Kier molecular flexibility index (Phi) is 4.71. The molecule has 0 aliphatic heterocycles. The van der Waals surface area contributed by atoms with Gasteiger partial charge in [0.05, 0.1) is 5.75 Å². The van der Waals surface area contributed by atoms with Gasteiger partial charge < -0.3 is 0 Å². The summed E-state index contributed by atoms with van der Waals surface area (Å²) >= 11 is 0. The fourth-order valence-corrected chi connectivity index (χ4v) is 2.45. The number of unbranched alkanes of at least 4 members (excludes halogenated alkanes) is 1. The molecule has 0 spiro atoms. The van der Waals surface area contributed by atoms with Gasteiger partial charge >= 0.3 is 0 Å². The molecule has 0 bridgehead atoms. The monoisotopic (exact) mass is 256 g/mol. The van der Waals surface area contributed by atoms with Crippen molar-refractivity contribution in [1.29, 1.82) is 0 Å². The zero-order valence-electron chi connectivity index (χ0n) is 10.4. The highest BCUT2D eigenvalue weighted by atomic mass is 32.2. The van der Waals surface area contributed by atoms with E-state index in [9.17, 15) is 8.42 Å². The lowest BCUT2D eigenvalue weighted by Crippen LogP contribution is -2.17. The Bertz CT molecular complexity index is 435. The first-order valence-electron chi connectivity index (χ1n) is 5.82. The smallest absolute Gasteiger partial charge is 0.264 e. The second-order valence-corrected chi connectivity index (χ2v) is 6.57. The lowest BCUT2D eigenvalue weighted by Gasteiger charge is -2.25. The van der Waals surface area contributed by atoms with Gasteiger partial charge in [0.2, 0.25) is 0 Å². The van der Waals surface area contributed by atoms with Crippen LogP contribution in [0.15, 0.2) is 30.3 Å². The van der Waals surface area contributed by atoms with Crippen LogP contribution in [0.3, 0.4) is 0 Å². The molecule has 1 N–H and O–H groups in total. The van der Waals surface area contributed by atoms with Gasteiger partial charge in [-0.15, -0.1) is 0 Å². The van der Waals surface area contributed by atoms with Crippen LogP contribution in [0.1, 0.15) is 38.7 Å². The van der Waals surface area contributed by atoms with E-state index in [0.29, 0.717) is 6.42 Å². The number of hydrogen-bond donors (Lipinski definition) is 1. The minimum absolute atomic E-state index is 0.0421. The summed E-state index contributed by atoms with van der Waals surface area (Å²) in [5, 5.41) is 0. The maximum atomic E-state index is 10.6. The van der Waals surface area contributed by atoms with Gasteiger partial charge in [0, 0.05) is 0 Å². The summed E-state index contributed by atoms with van der Waals surface area (Å²) < 4.78 is 29.8. The Balaban J connectivity index is 2.46. The molecular weight excluding hydrogens is 236 g/mol. The number of hydrogen-bond acceptors (Lipinski definition) is 2. The maximum absolute atomic E-state index is 10.6. The van der Waals surface area contributed by atoms with Gasteiger partial charge in [-0.25, -0.2) is 0 Å². The van der Waals surface area contributed by atoms with Crippen molar-refractivity contribution in [1.82, 2.24) is 0 Å². The Morgan fingerprint density at radius 2 is 1.71 bits per heavy atom. The molecule has 0 atom stereocenters. The first-order valence-corrected chi connectivity index (χ1v) is 7.43. The largest absolute Gasteiger partial charge is 0.286 e. The molecule has 0 saturated heterocycles. The summed E-state index contributed by atoms with van der Waals surface area (Å²) in [6, 6.07) is 10.2. The summed E-state index contributed by atoms with van der Waals surface area (Å²) in [5.41, 5.74) is 1.30. The fourth-order valence-electron chi connectivity index (χ4n) is 1.89. The predicted octanol–water partition coefficient (Wildman–Crippen LogP) is 3.02. The minimum Gasteiger partial charge on any atom is -0.286 e. The highest BCUT2D eigenvalue weighted by Crippen LogP contribution is 2.28. The van der Waals surface area contributed by atoms with Crippen LogP contribution in [-0.2, 0) is 15.5 Å². The van der Waals surface area contributed by atoms with Gasteiger partial charge in [-0.05, 0) is 23.8 Å². The third kappa shape index (κ3) is 5.33. The lowest BCUT2D eigenvalue weighted by atomic mass is 9.80. The first kappa shape index (κ1) is 14.2. The number of rotatable bonds is 6. The average molecular weight is 256 g/mol. The van der Waals surface area contributed by atoms with Crippen LogP contribution >= 0.6 is 0 Å². The molecule has 0 saturated carbocycles. The molecule has 96 valence electrons. The highest BCUT2D eigenvalue weighted by Gasteiger charge is 2.19. The molecule has 0 radical (unpaired) electrons. The van der Waals surface area contributed by atoms with E-state index in [1.807, 2.05) is 18.2 Å². The topological polar surface area (TPSA) is 54.4 Å². The normalized spacial score (nSPS) is 12.6. The summed E-state index contributed by atoms with van der Waals surface area (Å²) in [6.07, 6.45) is 2.21. The molecule has 0 aliphatic carbocycles. The first-order chi connectivity index (χ1) is 7.81. The van der Waals surface area contributed by atoms with E-state index in [1.54, 1.807) is 0 Å². The maximum Gasteiger partial charge on any atom is 0.264 e. The van der Waals surface area contributed by atoms with E-state index in [-0.39, 0.29) is 11.2 Å². The summed E-state index contributed by atoms with van der Waals surface area (Å²) in [4.78, 5) is 0. The molecule has 1 aromatic rings. The Morgan fingerprint density at radius 3 is 2.24 bits per heavy atom. The molecule has 1 rings (SSSR count). The van der Waals surface area contributed by atoms with Crippen molar-refractivity contribution in [3.8, 4) is 0 Å². The SMILES string of the molecule is CC(C)(CCCCS(=O)(=O)O)c1ccccc1. The van der Waals surface area contributed by atoms with Crippen molar-refractivity contribution in [3.63, 3.8) is 0 Å². The van der Waals surface area contributed by atoms with Gasteiger partial charge in [0.15, 0.2) is 0 Å². The van der Waals surface area contributed by atoms with Crippen molar-refractivity contribution in [2.45, 2.75) is 38.5 Å². The molecule has 1 aromatic carbocycles. The second kappa shape index (κ2) is 5.65. The molecule has 17 heavy (non-hydrogen) atoms. The zero-order chi connectivity index (χ0) is 12.9. The summed E-state index contributed by atoms with van der Waals surface area (Å²) in [7, 11) is -3.81. The van der Waals surface area contributed by atoms with Crippen LogP contribution in [0.25, 0.3) is 0 Å². The van der Waals surface area contributed by atoms with Crippen LogP contribution in [0.4, 0.5) is 0 Å². The summed E-state index contributed by atoms with van der Waals surface area (Å²) in [5.74, 6) is -0.141. The molecule has 0 heterocycles. The third-order valence-electron chi connectivity index (χ3n) is 3.01. The fraction of sp³-hybridized carbons (Fsp3) is 0.538. The quantitative estimate of drug-likeness (QED) is 0.628. The molecule has 0 aliphatic rings. The third-order valence-corrected chi connectivity index (χ3v) is 3.81. The average Bonchev–Trinajstić information content (AvgIpc) is 2.25. The van der Waals surface area contributed by atoms with Crippen molar-refractivity contribution in [2.75, 3.05) is 5.75 Å². The molecule has 0 aromatic heterocycles. The van der Waals surface area contributed by atoms with Crippen LogP contribution in [0.5, 0.6) is 0 Å². The molecule has 4 heteroatoms. The van der Waals surface area contributed by atoms with Gasteiger partial charge in [-0.2, -0.15) is 8.42 Å². The van der Waals surface area contributed by atoms with E-state index in [4.69, 9.17) is 4.55 Å². The molecule has 0 fully saturated rings. The van der Waals surface area contributed by atoms with E-state index in [0.717, 1.165) is 12.8 Å². The van der Waals surface area contributed by atoms with E-state index in [2.05, 4.69) is 26.0 Å². The highest BCUT2D eigenvalue weighted by molar-refractivity contribution is 7.85. The van der Waals surface area contributed by atoms with Crippen LogP contribution in [-0.4, -0.2) is 18.7 Å². The van der Waals surface area contributed by atoms with Gasteiger partial charge in [-0.3, -0.25) is 4.55 Å². The van der Waals surface area contributed by atoms with Crippen molar-refractivity contribution in [3.05, 3.63) is 35.9 Å². The van der Waals surface area contributed by atoms with E-state index < -0.39 is 10.1 Å². The predicted molar refractivity (Wildman–Crippen MR) is 69.7 cm³/mol. The van der Waals surface area contributed by atoms with Crippen LogP contribution < -0.4 is 0 Å². The lowest BCUT2D eigenvalue weighted by molar-refractivity contribution is 0.448. The standard InChI is InChI=1S/C13H20O3S/c1-13(2,12-8-4-3-5-9-12)10-6-7-11-17(14,15)16/h3-5,8-9H,6-7,10-11H2,1-2H3,(H,14,15,16). The molecule has 0 unspecified atom stereocenters. The van der Waals surface area contributed by atoms with Crippen molar-refractivity contribution < 1.29 is 13.0 Å². The van der Waals surface area contributed by atoms with E-state index in [1.165, 1.54) is 5.56 Å². The van der Waals surface area contributed by atoms with Crippen LogP contribution in [0.2, 0.25) is 0 Å². The molecular formula is C13H20O3S. The Morgan fingerprint density at radius 1 is 1.12 bits per heavy atom. The van der Waals surface area contributed by atoms with E-state index >= 15 is 0 Å².